The highest BCUT2D eigenvalue weighted by Gasteiger charge is 2.36. The molecule has 1 aliphatic rings. The summed E-state index contributed by atoms with van der Waals surface area (Å²) in [6, 6.07) is 14.5. The number of ether oxygens (including phenoxy) is 2. The molecule has 3 rings (SSSR count). The van der Waals surface area contributed by atoms with Crippen molar-refractivity contribution in [1.29, 1.82) is 0 Å². The molecule has 2 aromatic carbocycles. The molecule has 152 valence electrons. The number of carbonyl (C=O) groups is 3. The molecule has 1 heterocycles. The average Bonchev–Trinajstić information content (AvgIpc) is 3.14. The SMILES string of the molecule is COc1ccccc1NC(=O)COC(=O)[C@@H]1CC(=O)N(c2cccc(SC)c2)C1. The Balaban J connectivity index is 1.54. The van der Waals surface area contributed by atoms with E-state index in [0.717, 1.165) is 10.6 Å². The van der Waals surface area contributed by atoms with Gasteiger partial charge in [-0.25, -0.2) is 0 Å². The van der Waals surface area contributed by atoms with Gasteiger partial charge in [-0.05, 0) is 36.6 Å². The van der Waals surface area contributed by atoms with Crippen molar-refractivity contribution in [3.05, 3.63) is 48.5 Å². The van der Waals surface area contributed by atoms with Crippen LogP contribution in [0.3, 0.4) is 0 Å². The number of hydrogen-bond acceptors (Lipinski definition) is 6. The fraction of sp³-hybridized carbons (Fsp3) is 0.286. The Hall–Kier alpha value is -3.00. The second kappa shape index (κ2) is 9.47. The Morgan fingerprint density at radius 3 is 2.76 bits per heavy atom. The molecule has 0 aliphatic carbocycles. The quantitative estimate of drug-likeness (QED) is 0.554. The number of rotatable bonds is 7. The van der Waals surface area contributed by atoms with E-state index in [4.69, 9.17) is 9.47 Å². The summed E-state index contributed by atoms with van der Waals surface area (Å²) in [6.45, 7) is -0.187. The molecule has 1 saturated heterocycles. The Morgan fingerprint density at radius 2 is 2.00 bits per heavy atom. The van der Waals surface area contributed by atoms with E-state index in [1.165, 1.54) is 7.11 Å². The molecule has 7 nitrogen and oxygen atoms in total. The number of amides is 2. The van der Waals surface area contributed by atoms with Gasteiger partial charge in [0.2, 0.25) is 5.91 Å². The lowest BCUT2D eigenvalue weighted by molar-refractivity contribution is -0.151. The van der Waals surface area contributed by atoms with E-state index in [1.54, 1.807) is 40.9 Å². The van der Waals surface area contributed by atoms with Gasteiger partial charge >= 0.3 is 5.97 Å². The van der Waals surface area contributed by atoms with Crippen molar-refractivity contribution in [2.45, 2.75) is 11.3 Å². The van der Waals surface area contributed by atoms with Gasteiger partial charge in [-0.3, -0.25) is 14.4 Å². The van der Waals surface area contributed by atoms with Gasteiger partial charge in [-0.1, -0.05) is 18.2 Å². The highest BCUT2D eigenvalue weighted by atomic mass is 32.2. The van der Waals surface area contributed by atoms with E-state index in [-0.39, 0.29) is 18.9 Å². The van der Waals surface area contributed by atoms with E-state index < -0.39 is 24.4 Å². The zero-order chi connectivity index (χ0) is 20.8. The molecule has 0 bridgehead atoms. The van der Waals surface area contributed by atoms with Crippen LogP contribution in [0.4, 0.5) is 11.4 Å². The fourth-order valence-electron chi connectivity index (χ4n) is 3.08. The monoisotopic (exact) mass is 414 g/mol. The predicted octanol–water partition coefficient (Wildman–Crippen LogP) is 2.95. The normalized spacial score (nSPS) is 15.9. The van der Waals surface area contributed by atoms with Crippen molar-refractivity contribution in [2.75, 3.05) is 36.7 Å². The van der Waals surface area contributed by atoms with Crippen molar-refractivity contribution in [3.8, 4) is 5.75 Å². The zero-order valence-electron chi connectivity index (χ0n) is 16.2. The second-order valence-corrected chi connectivity index (χ2v) is 7.34. The van der Waals surface area contributed by atoms with Gasteiger partial charge < -0.3 is 19.7 Å². The minimum Gasteiger partial charge on any atom is -0.495 e. The van der Waals surface area contributed by atoms with Gasteiger partial charge in [0.05, 0.1) is 18.7 Å². The van der Waals surface area contributed by atoms with Gasteiger partial charge in [-0.2, -0.15) is 0 Å². The number of para-hydroxylation sites is 2. The van der Waals surface area contributed by atoms with Crippen LogP contribution in [-0.2, 0) is 19.1 Å². The largest absolute Gasteiger partial charge is 0.495 e. The molecular weight excluding hydrogens is 392 g/mol. The molecule has 0 spiro atoms. The third kappa shape index (κ3) is 5.08. The summed E-state index contributed by atoms with van der Waals surface area (Å²) in [7, 11) is 1.50. The van der Waals surface area contributed by atoms with Gasteiger partial charge in [0.1, 0.15) is 5.75 Å². The van der Waals surface area contributed by atoms with Gasteiger partial charge in [0, 0.05) is 23.5 Å². The van der Waals surface area contributed by atoms with Crippen LogP contribution in [0.5, 0.6) is 5.75 Å². The zero-order valence-corrected chi connectivity index (χ0v) is 17.0. The predicted molar refractivity (Wildman–Crippen MR) is 111 cm³/mol. The molecule has 1 aliphatic heterocycles. The Labute approximate surface area is 173 Å². The molecule has 1 atom stereocenters. The van der Waals surface area contributed by atoms with Crippen LogP contribution >= 0.6 is 11.8 Å². The molecule has 29 heavy (non-hydrogen) atoms. The number of nitrogens with zero attached hydrogens (tertiary/aromatic N) is 1. The first kappa shape index (κ1) is 20.7. The van der Waals surface area contributed by atoms with Crippen molar-refractivity contribution in [1.82, 2.24) is 0 Å². The van der Waals surface area contributed by atoms with Crippen molar-refractivity contribution in [2.24, 2.45) is 5.92 Å². The summed E-state index contributed by atoms with van der Waals surface area (Å²) in [6.07, 6.45) is 2.03. The summed E-state index contributed by atoms with van der Waals surface area (Å²) >= 11 is 1.58. The molecule has 0 aromatic heterocycles. The third-order valence-corrected chi connectivity index (χ3v) is 5.28. The molecule has 0 unspecified atom stereocenters. The number of carbonyl (C=O) groups excluding carboxylic acids is 3. The maximum Gasteiger partial charge on any atom is 0.311 e. The number of hydrogen-bond donors (Lipinski definition) is 1. The number of esters is 1. The van der Waals surface area contributed by atoms with Gasteiger partial charge in [-0.15, -0.1) is 11.8 Å². The molecule has 0 saturated carbocycles. The highest BCUT2D eigenvalue weighted by molar-refractivity contribution is 7.98. The lowest BCUT2D eigenvalue weighted by Gasteiger charge is -2.17. The number of methoxy groups -OCH3 is 1. The first-order valence-corrected chi connectivity index (χ1v) is 10.3. The lowest BCUT2D eigenvalue weighted by atomic mass is 10.1. The molecule has 2 amide bonds. The van der Waals surface area contributed by atoms with Gasteiger partial charge in [0.25, 0.3) is 5.91 Å². The van der Waals surface area contributed by atoms with Crippen molar-refractivity contribution in [3.63, 3.8) is 0 Å². The first-order valence-electron chi connectivity index (χ1n) is 9.05. The van der Waals surface area contributed by atoms with E-state index >= 15 is 0 Å². The average molecular weight is 414 g/mol. The summed E-state index contributed by atoms with van der Waals surface area (Å²) < 4.78 is 10.3. The van der Waals surface area contributed by atoms with Crippen molar-refractivity contribution >= 4 is 40.9 Å². The molecule has 1 N–H and O–H groups in total. The van der Waals surface area contributed by atoms with E-state index in [0.29, 0.717) is 11.4 Å². The molecular formula is C21H22N2O5S. The van der Waals surface area contributed by atoms with E-state index in [1.807, 2.05) is 30.5 Å². The maximum absolute atomic E-state index is 12.4. The summed E-state index contributed by atoms with van der Waals surface area (Å²) in [5, 5.41) is 2.64. The standard InChI is InChI=1S/C21H22N2O5S/c1-27-18-9-4-3-8-17(18)22-19(24)13-28-21(26)14-10-20(25)23(12-14)15-6-5-7-16(11-15)29-2/h3-9,11,14H,10,12-13H2,1-2H3,(H,22,24)/t14-/m1/s1. The number of benzene rings is 2. The van der Waals surface area contributed by atoms with Crippen LogP contribution < -0.4 is 15.0 Å². The molecule has 2 aromatic rings. The van der Waals surface area contributed by atoms with E-state index in [9.17, 15) is 14.4 Å². The highest BCUT2D eigenvalue weighted by Crippen LogP contribution is 2.29. The minimum atomic E-state index is -0.598. The maximum atomic E-state index is 12.4. The number of anilines is 2. The third-order valence-electron chi connectivity index (χ3n) is 4.55. The van der Waals surface area contributed by atoms with Gasteiger partial charge in [0.15, 0.2) is 6.61 Å². The van der Waals surface area contributed by atoms with E-state index in [2.05, 4.69) is 5.32 Å². The van der Waals surface area contributed by atoms with Crippen LogP contribution in [0, 0.1) is 5.92 Å². The summed E-state index contributed by atoms with van der Waals surface area (Å²) in [5.74, 6) is -1.26. The van der Waals surface area contributed by atoms with Crippen molar-refractivity contribution < 1.29 is 23.9 Å². The fourth-order valence-corrected chi connectivity index (χ4v) is 3.54. The Bertz CT molecular complexity index is 917. The number of thioether (sulfide) groups is 1. The van der Waals surface area contributed by atoms with Crippen LogP contribution in [-0.4, -0.2) is 44.3 Å². The lowest BCUT2D eigenvalue weighted by Crippen LogP contribution is -2.28. The van der Waals surface area contributed by atoms with Crippen LogP contribution in [0.2, 0.25) is 0 Å². The first-order chi connectivity index (χ1) is 14.0. The summed E-state index contributed by atoms with van der Waals surface area (Å²) in [5.41, 5.74) is 1.25. The molecule has 1 fully saturated rings. The summed E-state index contributed by atoms with van der Waals surface area (Å²) in [4.78, 5) is 39.4. The Kier molecular flexibility index (Phi) is 6.77. The minimum absolute atomic E-state index is 0.0659. The van der Waals surface area contributed by atoms with Crippen LogP contribution in [0.15, 0.2) is 53.4 Å². The van der Waals surface area contributed by atoms with Crippen LogP contribution in [0.1, 0.15) is 6.42 Å². The molecule has 0 radical (unpaired) electrons. The molecule has 8 heteroatoms. The second-order valence-electron chi connectivity index (χ2n) is 6.46. The van der Waals surface area contributed by atoms with Crippen LogP contribution in [0.25, 0.3) is 0 Å². The smallest absolute Gasteiger partial charge is 0.311 e. The number of nitrogens with one attached hydrogen (secondary N) is 1. The Morgan fingerprint density at radius 1 is 1.21 bits per heavy atom. The topological polar surface area (TPSA) is 84.9 Å².